The number of hydrogen-bond acceptors (Lipinski definition) is 5. The summed E-state index contributed by atoms with van der Waals surface area (Å²) in [6.07, 6.45) is 0. The lowest BCUT2D eigenvalue weighted by atomic mass is 10.0. The van der Waals surface area contributed by atoms with E-state index in [4.69, 9.17) is 15.2 Å². The fourth-order valence-corrected chi connectivity index (χ4v) is 2.13. The van der Waals surface area contributed by atoms with E-state index >= 15 is 0 Å². The molecule has 0 radical (unpaired) electrons. The van der Waals surface area contributed by atoms with Gasteiger partial charge in [-0.25, -0.2) is 9.78 Å². The third-order valence-electron chi connectivity index (χ3n) is 3.19. The number of ether oxygens (including phenoxy) is 2. The summed E-state index contributed by atoms with van der Waals surface area (Å²) >= 11 is 0. The number of esters is 1. The molecule has 0 aliphatic carbocycles. The molecule has 0 aliphatic heterocycles. The van der Waals surface area contributed by atoms with E-state index in [-0.39, 0.29) is 11.7 Å². The average molecular weight is 283 g/mol. The van der Waals surface area contributed by atoms with Gasteiger partial charge in [-0.1, -0.05) is 13.8 Å². The van der Waals surface area contributed by atoms with Gasteiger partial charge in [0.1, 0.15) is 11.6 Å². The van der Waals surface area contributed by atoms with E-state index in [0.29, 0.717) is 37.4 Å². The smallest absolute Gasteiger partial charge is 0.360 e. The summed E-state index contributed by atoms with van der Waals surface area (Å²) in [6, 6.07) is 0.0469. The maximum atomic E-state index is 11.8. The van der Waals surface area contributed by atoms with Gasteiger partial charge in [-0.15, -0.1) is 0 Å². The minimum atomic E-state index is -0.481. The third kappa shape index (κ3) is 3.50. The molecule has 1 unspecified atom stereocenters. The number of nitrogens with two attached hydrogens (primary N) is 1. The number of anilines is 1. The molecule has 2 N–H and O–H groups in total. The number of nitrogen functional groups attached to an aromatic ring is 1. The Morgan fingerprint density at radius 2 is 2.00 bits per heavy atom. The Morgan fingerprint density at radius 3 is 2.50 bits per heavy atom. The van der Waals surface area contributed by atoms with Gasteiger partial charge in [0.15, 0.2) is 5.69 Å². The molecule has 0 amide bonds. The molecule has 0 saturated heterocycles. The van der Waals surface area contributed by atoms with Crippen molar-refractivity contribution in [3.63, 3.8) is 0 Å². The summed E-state index contributed by atoms with van der Waals surface area (Å²) in [6.45, 7) is 11.2. The summed E-state index contributed by atoms with van der Waals surface area (Å²) in [5.41, 5.74) is 6.28. The monoisotopic (exact) mass is 283 g/mol. The van der Waals surface area contributed by atoms with Crippen molar-refractivity contribution >= 4 is 11.8 Å². The number of nitrogens with zero attached hydrogens (tertiary/aromatic N) is 2. The Bertz CT molecular complexity index is 455. The molecule has 20 heavy (non-hydrogen) atoms. The molecule has 1 aromatic heterocycles. The van der Waals surface area contributed by atoms with E-state index in [1.165, 1.54) is 0 Å². The van der Waals surface area contributed by atoms with Gasteiger partial charge in [-0.2, -0.15) is 0 Å². The average Bonchev–Trinajstić information content (AvgIpc) is 2.67. The number of hydrogen-bond donors (Lipinski definition) is 1. The number of carbonyl (C=O) groups is 1. The SMILES string of the molecule is CCOCC(C(C)C)n1c(C)nc(C(=O)OCC)c1N. The summed E-state index contributed by atoms with van der Waals surface area (Å²) in [7, 11) is 0. The third-order valence-corrected chi connectivity index (χ3v) is 3.19. The minimum absolute atomic E-state index is 0.0469. The van der Waals surface area contributed by atoms with Crippen molar-refractivity contribution in [1.82, 2.24) is 9.55 Å². The fourth-order valence-electron chi connectivity index (χ4n) is 2.13. The van der Waals surface area contributed by atoms with Crippen molar-refractivity contribution in [2.75, 3.05) is 25.6 Å². The molecule has 1 heterocycles. The van der Waals surface area contributed by atoms with Crippen LogP contribution >= 0.6 is 0 Å². The summed E-state index contributed by atoms with van der Waals surface area (Å²) < 4.78 is 12.4. The van der Waals surface area contributed by atoms with E-state index < -0.39 is 5.97 Å². The lowest BCUT2D eigenvalue weighted by Gasteiger charge is -2.24. The van der Waals surface area contributed by atoms with Crippen molar-refractivity contribution in [2.45, 2.75) is 40.7 Å². The van der Waals surface area contributed by atoms with E-state index in [1.807, 2.05) is 18.4 Å². The van der Waals surface area contributed by atoms with Crippen LogP contribution in [-0.2, 0) is 9.47 Å². The molecule has 0 fully saturated rings. The van der Waals surface area contributed by atoms with Gasteiger partial charge < -0.3 is 19.8 Å². The first-order valence-corrected chi connectivity index (χ1v) is 7.03. The van der Waals surface area contributed by atoms with E-state index in [9.17, 15) is 4.79 Å². The normalized spacial score (nSPS) is 12.7. The maximum Gasteiger partial charge on any atom is 0.360 e. The van der Waals surface area contributed by atoms with Gasteiger partial charge >= 0.3 is 5.97 Å². The lowest BCUT2D eigenvalue weighted by Crippen LogP contribution is -2.23. The van der Waals surface area contributed by atoms with Crippen LogP contribution in [0.15, 0.2) is 0 Å². The maximum absolute atomic E-state index is 11.8. The highest BCUT2D eigenvalue weighted by Gasteiger charge is 2.26. The standard InChI is InChI=1S/C14H25N3O3/c1-6-19-8-11(9(3)4)17-10(5)16-12(13(17)15)14(18)20-7-2/h9,11H,6-8,15H2,1-5H3. The highest BCUT2D eigenvalue weighted by Crippen LogP contribution is 2.26. The Balaban J connectivity index is 3.13. The summed E-state index contributed by atoms with van der Waals surface area (Å²) in [4.78, 5) is 16.1. The Morgan fingerprint density at radius 1 is 1.35 bits per heavy atom. The first kappa shape index (κ1) is 16.5. The molecule has 114 valence electrons. The predicted molar refractivity (Wildman–Crippen MR) is 77.7 cm³/mol. The fraction of sp³-hybridized carbons (Fsp3) is 0.714. The Hall–Kier alpha value is -1.56. The van der Waals surface area contributed by atoms with Crippen molar-refractivity contribution in [1.29, 1.82) is 0 Å². The van der Waals surface area contributed by atoms with Gasteiger partial charge in [0.05, 0.1) is 19.3 Å². The second kappa shape index (κ2) is 7.28. The van der Waals surface area contributed by atoms with Crippen LogP contribution in [0, 0.1) is 12.8 Å². The molecule has 1 atom stereocenters. The van der Waals surface area contributed by atoms with Crippen molar-refractivity contribution in [2.24, 2.45) is 5.92 Å². The van der Waals surface area contributed by atoms with Crippen LogP contribution in [-0.4, -0.2) is 35.3 Å². The zero-order valence-electron chi connectivity index (χ0n) is 13.0. The quantitative estimate of drug-likeness (QED) is 0.776. The molecule has 0 spiro atoms. The largest absolute Gasteiger partial charge is 0.461 e. The molecule has 0 saturated carbocycles. The van der Waals surface area contributed by atoms with E-state index in [0.717, 1.165) is 0 Å². The number of aryl methyl sites for hydroxylation is 1. The molecular formula is C14H25N3O3. The van der Waals surface area contributed by atoms with Gasteiger partial charge in [0.2, 0.25) is 0 Å². The van der Waals surface area contributed by atoms with Crippen molar-refractivity contribution in [3.8, 4) is 0 Å². The predicted octanol–water partition coefficient (Wildman–Crippen LogP) is 2.18. The van der Waals surface area contributed by atoms with Crippen molar-refractivity contribution < 1.29 is 14.3 Å². The topological polar surface area (TPSA) is 79.4 Å². The van der Waals surface area contributed by atoms with Gasteiger partial charge in [-0.05, 0) is 26.7 Å². The van der Waals surface area contributed by atoms with Crippen LogP contribution in [0.25, 0.3) is 0 Å². The van der Waals surface area contributed by atoms with Crippen LogP contribution < -0.4 is 5.73 Å². The molecule has 6 nitrogen and oxygen atoms in total. The first-order valence-electron chi connectivity index (χ1n) is 7.03. The van der Waals surface area contributed by atoms with Crippen LogP contribution in [0.3, 0.4) is 0 Å². The van der Waals surface area contributed by atoms with Crippen LogP contribution in [0.4, 0.5) is 5.82 Å². The van der Waals surface area contributed by atoms with Gasteiger partial charge in [-0.3, -0.25) is 0 Å². The number of carbonyl (C=O) groups excluding carboxylic acids is 1. The van der Waals surface area contributed by atoms with Crippen LogP contribution in [0.5, 0.6) is 0 Å². The summed E-state index contributed by atoms with van der Waals surface area (Å²) in [5, 5.41) is 0. The molecule has 1 rings (SSSR count). The zero-order valence-corrected chi connectivity index (χ0v) is 13.0. The van der Waals surface area contributed by atoms with Crippen molar-refractivity contribution in [3.05, 3.63) is 11.5 Å². The first-order chi connectivity index (χ1) is 9.43. The second-order valence-corrected chi connectivity index (χ2v) is 4.95. The van der Waals surface area contributed by atoms with Crippen LogP contribution in [0.2, 0.25) is 0 Å². The van der Waals surface area contributed by atoms with Crippen LogP contribution in [0.1, 0.15) is 50.0 Å². The highest BCUT2D eigenvalue weighted by atomic mass is 16.5. The highest BCUT2D eigenvalue weighted by molar-refractivity contribution is 5.92. The second-order valence-electron chi connectivity index (χ2n) is 4.95. The minimum Gasteiger partial charge on any atom is -0.461 e. The van der Waals surface area contributed by atoms with Gasteiger partial charge in [0, 0.05) is 6.61 Å². The lowest BCUT2D eigenvalue weighted by molar-refractivity contribution is 0.0520. The molecule has 6 heteroatoms. The van der Waals surface area contributed by atoms with E-state index in [2.05, 4.69) is 18.8 Å². The van der Waals surface area contributed by atoms with E-state index in [1.54, 1.807) is 6.92 Å². The molecule has 1 aromatic rings. The molecule has 0 aliphatic rings. The zero-order chi connectivity index (χ0) is 15.3. The molecule has 0 aromatic carbocycles. The number of imidazole rings is 1. The number of rotatable bonds is 7. The Kier molecular flexibility index (Phi) is 6.01. The Labute approximate surface area is 120 Å². The molecule has 0 bridgehead atoms. The van der Waals surface area contributed by atoms with Gasteiger partial charge in [0.25, 0.3) is 0 Å². The summed E-state index contributed by atoms with van der Waals surface area (Å²) in [5.74, 6) is 0.876. The number of aromatic nitrogens is 2. The molecular weight excluding hydrogens is 258 g/mol.